The van der Waals surface area contributed by atoms with Crippen molar-refractivity contribution in [3.8, 4) is 17.2 Å². The molecule has 1 aromatic heterocycles. The van der Waals surface area contributed by atoms with Crippen LogP contribution in [0.15, 0.2) is 60.7 Å². The van der Waals surface area contributed by atoms with E-state index >= 15 is 0 Å². The van der Waals surface area contributed by atoms with Crippen molar-refractivity contribution in [3.63, 3.8) is 0 Å². The highest BCUT2D eigenvalue weighted by Crippen LogP contribution is 2.37. The monoisotopic (exact) mass is 689 g/mol. The molecule has 50 heavy (non-hydrogen) atoms. The highest BCUT2D eigenvalue weighted by molar-refractivity contribution is 5.92. The van der Waals surface area contributed by atoms with Gasteiger partial charge in [0.05, 0.1) is 45.4 Å². The molecule has 266 valence electrons. The van der Waals surface area contributed by atoms with Crippen molar-refractivity contribution in [2.75, 3.05) is 64.3 Å². The lowest BCUT2D eigenvalue weighted by atomic mass is 9.90. The second-order valence-electron chi connectivity index (χ2n) is 12.1. The van der Waals surface area contributed by atoms with E-state index in [1.54, 1.807) is 38.5 Å². The van der Waals surface area contributed by atoms with Gasteiger partial charge in [0, 0.05) is 37.5 Å². The average Bonchev–Trinajstić information content (AvgIpc) is 3.12. The Morgan fingerprint density at radius 3 is 2.48 bits per heavy atom. The summed E-state index contributed by atoms with van der Waals surface area (Å²) in [7, 11) is 3.11. The van der Waals surface area contributed by atoms with Crippen LogP contribution >= 0.6 is 0 Å². The number of halogens is 1. The Kier molecular flexibility index (Phi) is 12.3. The Bertz CT molecular complexity index is 1770. The van der Waals surface area contributed by atoms with Crippen molar-refractivity contribution >= 4 is 34.5 Å². The van der Waals surface area contributed by atoms with Gasteiger partial charge in [0.25, 0.3) is 0 Å². The second-order valence-corrected chi connectivity index (χ2v) is 12.1. The van der Waals surface area contributed by atoms with Gasteiger partial charge < -0.3 is 39.6 Å². The summed E-state index contributed by atoms with van der Waals surface area (Å²) >= 11 is 0. The molecule has 0 aliphatic carbocycles. The molecule has 2 heterocycles. The van der Waals surface area contributed by atoms with Crippen molar-refractivity contribution in [1.29, 1.82) is 0 Å². The van der Waals surface area contributed by atoms with E-state index in [-0.39, 0.29) is 55.7 Å². The summed E-state index contributed by atoms with van der Waals surface area (Å²) in [5, 5.41) is 9.45. The molecular formula is C37H44FN5O7. The fourth-order valence-corrected chi connectivity index (χ4v) is 6.23. The molecule has 1 amide bonds. The van der Waals surface area contributed by atoms with Crippen molar-refractivity contribution in [3.05, 3.63) is 77.6 Å². The number of aromatic nitrogens is 2. The van der Waals surface area contributed by atoms with Gasteiger partial charge >= 0.3 is 5.97 Å². The zero-order valence-electron chi connectivity index (χ0n) is 28.6. The molecule has 3 N–H and O–H groups in total. The predicted octanol–water partition coefficient (Wildman–Crippen LogP) is 5.60. The molecule has 5 rings (SSSR count). The highest BCUT2D eigenvalue weighted by Gasteiger charge is 2.34. The number of ether oxygens (including phenoxy) is 4. The number of nitrogens with zero attached hydrogens (tertiary/aromatic N) is 4. The SMILES string of the molecule is CCC[C@H](CC(=O)N1CCN(c2nc(N)c3cc(OC)c(OC)cc3n2)C(c2cccc(OCCOCCC(=O)O)c2)C1)c1ccc(F)cc1. The topological polar surface area (TPSA) is 150 Å². The van der Waals surface area contributed by atoms with Gasteiger partial charge in [-0.2, -0.15) is 4.98 Å². The molecular weight excluding hydrogens is 645 g/mol. The number of benzene rings is 3. The normalized spacial score (nSPS) is 15.2. The van der Waals surface area contributed by atoms with Gasteiger partial charge in [-0.25, -0.2) is 9.37 Å². The van der Waals surface area contributed by atoms with Gasteiger partial charge in [-0.15, -0.1) is 0 Å². The molecule has 13 heteroatoms. The number of fused-ring (bicyclic) bond motifs is 1. The van der Waals surface area contributed by atoms with Crippen LogP contribution in [0.5, 0.6) is 17.2 Å². The standard InChI is InChI=1S/C37H44FN5O7/c1-4-6-25(24-9-11-27(38)12-10-24)20-34(44)42-14-15-43(37-40-30-22-33(48-3)32(47-2)21-29(30)36(39)41-37)31(23-42)26-7-5-8-28(19-26)50-18-17-49-16-13-35(45)46/h5,7-12,19,21-22,25,31H,4,6,13-18,20,23H2,1-3H3,(H,45,46)(H2,39,40,41)/t25-,31?/m1/s1. The molecule has 0 saturated carbocycles. The van der Waals surface area contributed by atoms with Crippen LogP contribution in [0.2, 0.25) is 0 Å². The number of anilines is 2. The van der Waals surface area contributed by atoms with Gasteiger partial charge in [0.15, 0.2) is 11.5 Å². The Balaban J connectivity index is 1.42. The summed E-state index contributed by atoms with van der Waals surface area (Å²) in [6, 6.07) is 17.2. The summed E-state index contributed by atoms with van der Waals surface area (Å²) in [6.07, 6.45) is 1.92. The van der Waals surface area contributed by atoms with Crippen molar-refractivity contribution in [2.24, 2.45) is 0 Å². The number of amides is 1. The molecule has 1 saturated heterocycles. The number of aliphatic carboxylic acids is 1. The van der Waals surface area contributed by atoms with E-state index < -0.39 is 5.97 Å². The predicted molar refractivity (Wildman–Crippen MR) is 187 cm³/mol. The zero-order valence-corrected chi connectivity index (χ0v) is 28.6. The fraction of sp³-hybridized carbons (Fsp3) is 0.405. The van der Waals surface area contributed by atoms with E-state index in [9.17, 15) is 14.0 Å². The minimum absolute atomic E-state index is 0.0131. The molecule has 1 aliphatic heterocycles. The molecule has 4 aromatic rings. The number of carboxylic acid groups (broad SMARTS) is 1. The number of hydrogen-bond donors (Lipinski definition) is 2. The van der Waals surface area contributed by atoms with E-state index in [4.69, 9.17) is 39.8 Å². The number of rotatable bonds is 16. The number of hydrogen-bond acceptors (Lipinski definition) is 10. The van der Waals surface area contributed by atoms with Gasteiger partial charge in [0.2, 0.25) is 11.9 Å². The third-order valence-electron chi connectivity index (χ3n) is 8.81. The van der Waals surface area contributed by atoms with E-state index in [2.05, 4.69) is 6.92 Å². The van der Waals surface area contributed by atoms with E-state index in [0.717, 1.165) is 24.0 Å². The maximum absolute atomic E-state index is 13.9. The van der Waals surface area contributed by atoms with Crippen LogP contribution in [0, 0.1) is 5.82 Å². The molecule has 12 nitrogen and oxygen atoms in total. The first-order valence-corrected chi connectivity index (χ1v) is 16.7. The van der Waals surface area contributed by atoms with Gasteiger partial charge in [-0.05, 0) is 53.8 Å². The van der Waals surface area contributed by atoms with E-state index in [0.29, 0.717) is 60.2 Å². The lowest BCUT2D eigenvalue weighted by Crippen LogP contribution is -2.51. The number of nitrogen functional groups attached to an aromatic ring is 1. The van der Waals surface area contributed by atoms with Gasteiger partial charge in [-0.3, -0.25) is 9.59 Å². The number of methoxy groups -OCH3 is 2. The molecule has 1 fully saturated rings. The summed E-state index contributed by atoms with van der Waals surface area (Å²) in [4.78, 5) is 38.2. The maximum atomic E-state index is 13.9. The quantitative estimate of drug-likeness (QED) is 0.142. The summed E-state index contributed by atoms with van der Waals surface area (Å²) in [5.74, 6) is 1.07. The van der Waals surface area contributed by atoms with Crippen LogP contribution < -0.4 is 24.8 Å². The van der Waals surface area contributed by atoms with Crippen LogP contribution in [0.3, 0.4) is 0 Å². The molecule has 0 spiro atoms. The third kappa shape index (κ3) is 8.89. The lowest BCUT2D eigenvalue weighted by molar-refractivity contribution is -0.138. The van der Waals surface area contributed by atoms with Crippen LogP contribution in [0.4, 0.5) is 16.2 Å². The molecule has 3 aromatic carbocycles. The third-order valence-corrected chi connectivity index (χ3v) is 8.81. The first-order valence-electron chi connectivity index (χ1n) is 16.7. The number of nitrogens with two attached hydrogens (primary N) is 1. The molecule has 2 atom stereocenters. The number of carbonyl (C=O) groups is 2. The first-order chi connectivity index (χ1) is 24.2. The second kappa shape index (κ2) is 17.0. The van der Waals surface area contributed by atoms with Crippen LogP contribution in [-0.2, 0) is 14.3 Å². The Hall–Kier alpha value is -5.17. The average molecular weight is 690 g/mol. The Labute approximate surface area is 290 Å². The Morgan fingerprint density at radius 2 is 1.76 bits per heavy atom. The smallest absolute Gasteiger partial charge is 0.305 e. The van der Waals surface area contributed by atoms with Gasteiger partial charge in [0.1, 0.15) is 24.0 Å². The van der Waals surface area contributed by atoms with Crippen molar-refractivity contribution in [2.45, 2.75) is 44.6 Å². The number of piperazine rings is 1. The summed E-state index contributed by atoms with van der Waals surface area (Å²) in [6.45, 7) is 3.89. The molecule has 0 bridgehead atoms. The minimum Gasteiger partial charge on any atom is -0.493 e. The van der Waals surface area contributed by atoms with Crippen LogP contribution in [-0.4, -0.2) is 85.5 Å². The summed E-state index contributed by atoms with van der Waals surface area (Å²) < 4.78 is 36.0. The summed E-state index contributed by atoms with van der Waals surface area (Å²) in [5.41, 5.74) is 8.90. The minimum atomic E-state index is -0.921. The van der Waals surface area contributed by atoms with Crippen molar-refractivity contribution in [1.82, 2.24) is 14.9 Å². The van der Waals surface area contributed by atoms with E-state index in [1.165, 1.54) is 12.1 Å². The Morgan fingerprint density at radius 1 is 1.00 bits per heavy atom. The fourth-order valence-electron chi connectivity index (χ4n) is 6.23. The first kappa shape index (κ1) is 36.1. The van der Waals surface area contributed by atoms with Crippen molar-refractivity contribution < 1.29 is 38.0 Å². The van der Waals surface area contributed by atoms with Crippen LogP contribution in [0.25, 0.3) is 10.9 Å². The largest absolute Gasteiger partial charge is 0.493 e. The molecule has 1 aliphatic rings. The lowest BCUT2D eigenvalue weighted by Gasteiger charge is -2.42. The zero-order chi connectivity index (χ0) is 35.6. The molecule has 1 unspecified atom stereocenters. The number of carboxylic acids is 1. The number of carbonyl (C=O) groups excluding carboxylic acids is 1. The van der Waals surface area contributed by atoms with E-state index in [1.807, 2.05) is 34.1 Å². The molecule has 0 radical (unpaired) electrons. The highest BCUT2D eigenvalue weighted by atomic mass is 19.1. The van der Waals surface area contributed by atoms with Crippen LogP contribution in [0.1, 0.15) is 55.7 Å². The van der Waals surface area contributed by atoms with Gasteiger partial charge in [-0.1, -0.05) is 37.6 Å². The maximum Gasteiger partial charge on any atom is 0.305 e.